The first kappa shape index (κ1) is 25.8. The van der Waals surface area contributed by atoms with E-state index in [1.54, 1.807) is 18.3 Å². The number of halogens is 2. The quantitative estimate of drug-likeness (QED) is 0.245. The average molecular weight is 612 g/mol. The van der Waals surface area contributed by atoms with Gasteiger partial charge in [0.15, 0.2) is 6.61 Å². The van der Waals surface area contributed by atoms with E-state index in [4.69, 9.17) is 4.74 Å². The number of amides is 1. The first-order valence-corrected chi connectivity index (χ1v) is 13.0. The van der Waals surface area contributed by atoms with Crippen LogP contribution in [-0.4, -0.2) is 28.4 Å². The van der Waals surface area contributed by atoms with Gasteiger partial charge in [-0.1, -0.05) is 56.5 Å². The van der Waals surface area contributed by atoms with E-state index >= 15 is 0 Å². The fraction of sp³-hybridized carbons (Fsp3) is 0.185. The molecule has 0 spiro atoms. The molecule has 1 amide bonds. The fourth-order valence-corrected chi connectivity index (χ4v) is 4.29. The first-order valence-electron chi connectivity index (χ1n) is 11.4. The van der Waals surface area contributed by atoms with Crippen LogP contribution in [0.25, 0.3) is 10.9 Å². The summed E-state index contributed by atoms with van der Waals surface area (Å²) in [5.41, 5.74) is 2.79. The maximum Gasteiger partial charge on any atom is 0.282 e. The van der Waals surface area contributed by atoms with Crippen molar-refractivity contribution in [1.29, 1.82) is 0 Å². The molecular weight excluding hydrogens is 588 g/mol. The minimum absolute atomic E-state index is 0.178. The van der Waals surface area contributed by atoms with Crippen LogP contribution in [0.1, 0.15) is 30.3 Å². The summed E-state index contributed by atoms with van der Waals surface area (Å²) in [6.45, 7) is 3.83. The molecular formula is C27H24Br2N4O3. The summed E-state index contributed by atoms with van der Waals surface area (Å²) >= 11 is 6.88. The highest BCUT2D eigenvalue weighted by molar-refractivity contribution is 9.10. The topological polar surface area (TPSA) is 85.6 Å². The third kappa shape index (κ3) is 6.27. The Morgan fingerprint density at radius 2 is 1.81 bits per heavy atom. The van der Waals surface area contributed by atoms with E-state index in [1.807, 2.05) is 62.4 Å². The number of hydrogen-bond donors (Lipinski definition) is 1. The van der Waals surface area contributed by atoms with Crippen LogP contribution in [0.2, 0.25) is 0 Å². The van der Waals surface area contributed by atoms with Crippen LogP contribution in [0.3, 0.4) is 0 Å². The van der Waals surface area contributed by atoms with Crippen molar-refractivity contribution in [3.05, 3.63) is 96.9 Å². The Kier molecular flexibility index (Phi) is 8.32. The van der Waals surface area contributed by atoms with Crippen molar-refractivity contribution in [3.8, 4) is 5.75 Å². The van der Waals surface area contributed by atoms with E-state index in [0.717, 1.165) is 20.9 Å². The van der Waals surface area contributed by atoms with Gasteiger partial charge in [-0.2, -0.15) is 9.78 Å². The number of nitrogens with one attached hydrogen (secondary N) is 1. The monoisotopic (exact) mass is 610 g/mol. The number of benzene rings is 3. The van der Waals surface area contributed by atoms with Crippen molar-refractivity contribution in [2.75, 3.05) is 11.9 Å². The molecule has 0 bridgehead atoms. The molecule has 0 fully saturated rings. The zero-order chi connectivity index (χ0) is 25.7. The highest BCUT2D eigenvalue weighted by atomic mass is 79.9. The molecule has 0 radical (unpaired) electrons. The molecule has 4 aromatic rings. The molecule has 0 saturated heterocycles. The van der Waals surface area contributed by atoms with Crippen LogP contribution >= 0.6 is 31.9 Å². The number of carbonyl (C=O) groups is 1. The number of aryl methyl sites for hydroxylation is 2. The Morgan fingerprint density at radius 1 is 1.08 bits per heavy atom. The van der Waals surface area contributed by atoms with Crippen LogP contribution < -0.4 is 15.6 Å². The first-order chi connectivity index (χ1) is 17.3. The largest absolute Gasteiger partial charge is 0.483 e. The van der Waals surface area contributed by atoms with Crippen molar-refractivity contribution < 1.29 is 9.53 Å². The standard InChI is InChI=1S/C27H24Br2N4O3/c1-3-4-25-32-23-11-7-20(29)14-22(23)27(35)33(25)30-15-18-13-19(28)8-12-24(18)36-16-26(34)31-21-9-5-17(2)6-10-21/h5-15H,3-4,16H2,1-2H3,(H,31,34). The van der Waals surface area contributed by atoms with Gasteiger partial charge in [-0.15, -0.1) is 0 Å². The second kappa shape index (κ2) is 11.6. The molecule has 1 N–H and O–H groups in total. The molecule has 0 saturated carbocycles. The highest BCUT2D eigenvalue weighted by Gasteiger charge is 2.12. The van der Waals surface area contributed by atoms with Crippen molar-refractivity contribution in [3.63, 3.8) is 0 Å². The Bertz CT molecular complexity index is 1500. The summed E-state index contributed by atoms with van der Waals surface area (Å²) in [4.78, 5) is 30.3. The van der Waals surface area contributed by atoms with Gasteiger partial charge in [0.2, 0.25) is 0 Å². The molecule has 0 aliphatic carbocycles. The Morgan fingerprint density at radius 3 is 2.56 bits per heavy atom. The lowest BCUT2D eigenvalue weighted by molar-refractivity contribution is -0.118. The Hall–Kier alpha value is -3.30. The lowest BCUT2D eigenvalue weighted by Crippen LogP contribution is -2.22. The maximum atomic E-state index is 13.3. The summed E-state index contributed by atoms with van der Waals surface area (Å²) in [5, 5.41) is 7.77. The minimum Gasteiger partial charge on any atom is -0.483 e. The molecule has 184 valence electrons. The normalized spacial score (nSPS) is 11.2. The zero-order valence-electron chi connectivity index (χ0n) is 19.8. The maximum absolute atomic E-state index is 13.3. The van der Waals surface area contributed by atoms with Crippen LogP contribution in [0, 0.1) is 6.92 Å². The second-order valence-electron chi connectivity index (χ2n) is 8.19. The summed E-state index contributed by atoms with van der Waals surface area (Å²) < 4.78 is 8.72. The minimum atomic E-state index is -0.282. The lowest BCUT2D eigenvalue weighted by atomic mass is 10.2. The van der Waals surface area contributed by atoms with E-state index < -0.39 is 0 Å². The number of anilines is 1. The predicted octanol–water partition coefficient (Wildman–Crippen LogP) is 6.08. The molecule has 4 rings (SSSR count). The highest BCUT2D eigenvalue weighted by Crippen LogP contribution is 2.22. The zero-order valence-corrected chi connectivity index (χ0v) is 23.0. The number of hydrogen-bond acceptors (Lipinski definition) is 5. The van der Waals surface area contributed by atoms with E-state index in [-0.39, 0.29) is 18.1 Å². The summed E-state index contributed by atoms with van der Waals surface area (Å²) in [6, 6.07) is 18.3. The summed E-state index contributed by atoms with van der Waals surface area (Å²) in [6.07, 6.45) is 2.95. The average Bonchev–Trinajstić information content (AvgIpc) is 2.85. The van der Waals surface area contributed by atoms with Gasteiger partial charge in [0.1, 0.15) is 11.6 Å². The van der Waals surface area contributed by atoms with Crippen molar-refractivity contribution in [2.45, 2.75) is 26.7 Å². The second-order valence-corrected chi connectivity index (χ2v) is 10.0. The molecule has 1 aromatic heterocycles. The van der Waals surface area contributed by atoms with E-state index in [1.165, 1.54) is 4.68 Å². The number of fused-ring (bicyclic) bond motifs is 1. The molecule has 0 unspecified atom stereocenters. The molecule has 0 atom stereocenters. The van der Waals surface area contributed by atoms with Gasteiger partial charge in [-0.25, -0.2) is 4.98 Å². The molecule has 3 aromatic carbocycles. The predicted molar refractivity (Wildman–Crippen MR) is 150 cm³/mol. The number of nitrogens with zero attached hydrogens (tertiary/aromatic N) is 3. The van der Waals surface area contributed by atoms with E-state index in [9.17, 15) is 9.59 Å². The van der Waals surface area contributed by atoms with Crippen molar-refractivity contribution in [1.82, 2.24) is 9.66 Å². The van der Waals surface area contributed by atoms with Gasteiger partial charge in [0, 0.05) is 26.6 Å². The fourth-order valence-electron chi connectivity index (χ4n) is 3.55. The van der Waals surface area contributed by atoms with E-state index in [2.05, 4.69) is 47.3 Å². The van der Waals surface area contributed by atoms with Crippen LogP contribution in [0.4, 0.5) is 5.69 Å². The van der Waals surface area contributed by atoms with Crippen LogP contribution in [0.5, 0.6) is 5.75 Å². The number of ether oxygens (including phenoxy) is 1. The SMILES string of the molecule is CCCc1nc2ccc(Br)cc2c(=O)n1N=Cc1cc(Br)ccc1OCC(=O)Nc1ccc(C)cc1. The van der Waals surface area contributed by atoms with E-state index in [0.29, 0.717) is 40.1 Å². The summed E-state index contributed by atoms with van der Waals surface area (Å²) in [7, 11) is 0. The summed E-state index contributed by atoms with van der Waals surface area (Å²) in [5.74, 6) is 0.751. The van der Waals surface area contributed by atoms with Crippen LogP contribution in [-0.2, 0) is 11.2 Å². The van der Waals surface area contributed by atoms with Crippen LogP contribution in [0.15, 0.2) is 79.5 Å². The van der Waals surface area contributed by atoms with Gasteiger partial charge in [-0.3, -0.25) is 9.59 Å². The number of aromatic nitrogens is 2. The smallest absolute Gasteiger partial charge is 0.282 e. The number of rotatable bonds is 8. The van der Waals surface area contributed by atoms with Crippen molar-refractivity contribution >= 4 is 60.6 Å². The van der Waals surface area contributed by atoms with Crippen molar-refractivity contribution in [2.24, 2.45) is 5.10 Å². The third-order valence-electron chi connectivity index (χ3n) is 5.33. The molecule has 7 nitrogen and oxygen atoms in total. The van der Waals surface area contributed by atoms with Gasteiger partial charge in [0.05, 0.1) is 17.1 Å². The molecule has 36 heavy (non-hydrogen) atoms. The van der Waals surface area contributed by atoms with Gasteiger partial charge in [-0.05, 0) is 61.9 Å². The number of carbonyl (C=O) groups excluding carboxylic acids is 1. The van der Waals surface area contributed by atoms with Gasteiger partial charge >= 0.3 is 0 Å². The van der Waals surface area contributed by atoms with Gasteiger partial charge in [0.25, 0.3) is 11.5 Å². The molecule has 9 heteroatoms. The molecule has 1 heterocycles. The Labute approximate surface area is 225 Å². The third-order valence-corrected chi connectivity index (χ3v) is 6.31. The van der Waals surface area contributed by atoms with Gasteiger partial charge < -0.3 is 10.1 Å². The molecule has 0 aliphatic heterocycles. The Balaban J connectivity index is 1.60. The molecule has 0 aliphatic rings. The lowest BCUT2D eigenvalue weighted by Gasteiger charge is -2.11.